The fraction of sp³-hybridized carbons (Fsp3) is 0.588. The fourth-order valence-corrected chi connectivity index (χ4v) is 2.27. The minimum absolute atomic E-state index is 0.00511. The van der Waals surface area contributed by atoms with Crippen LogP contribution >= 0.6 is 0 Å². The lowest BCUT2D eigenvalue weighted by atomic mass is 10.0. The Bertz CT molecular complexity index is 442. The van der Waals surface area contributed by atoms with Gasteiger partial charge in [-0.05, 0) is 24.6 Å². The average Bonchev–Trinajstić information content (AvgIpc) is 2.47. The van der Waals surface area contributed by atoms with Crippen LogP contribution in [0.5, 0.6) is 11.5 Å². The molecular weight excluding hydrogens is 268 g/mol. The summed E-state index contributed by atoms with van der Waals surface area (Å²) in [5, 5.41) is 19.4. The van der Waals surface area contributed by atoms with E-state index < -0.39 is 6.10 Å². The molecule has 4 heteroatoms. The van der Waals surface area contributed by atoms with E-state index in [1.54, 1.807) is 6.07 Å². The first-order chi connectivity index (χ1) is 10.1. The summed E-state index contributed by atoms with van der Waals surface area (Å²) >= 11 is 0. The molecule has 21 heavy (non-hydrogen) atoms. The molecule has 2 N–H and O–H groups in total. The molecule has 1 rings (SSSR count). The molecule has 1 aromatic rings. The van der Waals surface area contributed by atoms with Crippen LogP contribution in [0.4, 0.5) is 0 Å². The molecule has 0 amide bonds. The number of carbonyl (C=O) groups is 1. The van der Waals surface area contributed by atoms with Gasteiger partial charge in [0.2, 0.25) is 0 Å². The average molecular weight is 294 g/mol. The lowest BCUT2D eigenvalue weighted by Gasteiger charge is -2.10. The Hall–Kier alpha value is -1.55. The van der Waals surface area contributed by atoms with Gasteiger partial charge in [-0.1, -0.05) is 39.0 Å². The molecule has 4 nitrogen and oxygen atoms in total. The standard InChI is InChI=1S/C17H26O4/c1-3-4-5-6-7-8-14(18)12-16(20)13-9-10-15(19)17(11-13)21-2/h9-11,14,18-19H,3-8,12H2,1-2H3. The van der Waals surface area contributed by atoms with Crippen molar-refractivity contribution in [3.63, 3.8) is 0 Å². The van der Waals surface area contributed by atoms with E-state index in [1.807, 2.05) is 0 Å². The lowest BCUT2D eigenvalue weighted by Crippen LogP contribution is -2.13. The Kier molecular flexibility index (Phi) is 7.83. The SMILES string of the molecule is CCCCCCCC(O)CC(=O)c1ccc(O)c(OC)c1. The maximum Gasteiger partial charge on any atom is 0.165 e. The topological polar surface area (TPSA) is 66.8 Å². The van der Waals surface area contributed by atoms with Gasteiger partial charge in [-0.3, -0.25) is 4.79 Å². The van der Waals surface area contributed by atoms with Crippen LogP contribution in [0.25, 0.3) is 0 Å². The second kappa shape index (κ2) is 9.40. The number of methoxy groups -OCH3 is 1. The molecule has 0 saturated heterocycles. The van der Waals surface area contributed by atoms with Gasteiger partial charge in [0.15, 0.2) is 17.3 Å². The summed E-state index contributed by atoms with van der Waals surface area (Å²) < 4.78 is 4.98. The molecule has 1 unspecified atom stereocenters. The van der Waals surface area contributed by atoms with Crippen molar-refractivity contribution in [1.82, 2.24) is 0 Å². The van der Waals surface area contributed by atoms with Crippen molar-refractivity contribution >= 4 is 5.78 Å². The third-order valence-corrected chi connectivity index (χ3v) is 3.56. The van der Waals surface area contributed by atoms with E-state index in [0.29, 0.717) is 12.0 Å². The maximum absolute atomic E-state index is 12.1. The molecule has 0 heterocycles. The quantitative estimate of drug-likeness (QED) is 0.510. The number of unbranched alkanes of at least 4 members (excludes halogenated alkanes) is 4. The highest BCUT2D eigenvalue weighted by molar-refractivity contribution is 5.97. The van der Waals surface area contributed by atoms with E-state index in [-0.39, 0.29) is 23.7 Å². The number of benzene rings is 1. The molecular formula is C17H26O4. The normalized spacial score (nSPS) is 12.1. The summed E-state index contributed by atoms with van der Waals surface area (Å²) in [7, 11) is 1.44. The summed E-state index contributed by atoms with van der Waals surface area (Å²) in [5.74, 6) is 0.148. The Balaban J connectivity index is 2.41. The van der Waals surface area contributed by atoms with Gasteiger partial charge in [0, 0.05) is 12.0 Å². The molecule has 0 fully saturated rings. The van der Waals surface area contributed by atoms with Gasteiger partial charge in [0.1, 0.15) is 0 Å². The highest BCUT2D eigenvalue weighted by Gasteiger charge is 2.14. The molecule has 0 aliphatic rings. The minimum Gasteiger partial charge on any atom is -0.504 e. The van der Waals surface area contributed by atoms with Gasteiger partial charge < -0.3 is 14.9 Å². The molecule has 118 valence electrons. The van der Waals surface area contributed by atoms with Gasteiger partial charge in [-0.15, -0.1) is 0 Å². The van der Waals surface area contributed by atoms with Crippen molar-refractivity contribution in [3.05, 3.63) is 23.8 Å². The van der Waals surface area contributed by atoms with E-state index in [0.717, 1.165) is 12.8 Å². The first kappa shape index (κ1) is 17.5. The number of ether oxygens (including phenoxy) is 1. The van der Waals surface area contributed by atoms with Gasteiger partial charge >= 0.3 is 0 Å². The Morgan fingerprint density at radius 1 is 1.24 bits per heavy atom. The zero-order valence-electron chi connectivity index (χ0n) is 13.0. The molecule has 0 aromatic heterocycles. The third kappa shape index (κ3) is 6.17. The molecule has 0 saturated carbocycles. The number of rotatable bonds is 10. The van der Waals surface area contributed by atoms with Crippen LogP contribution in [-0.4, -0.2) is 29.2 Å². The summed E-state index contributed by atoms with van der Waals surface area (Å²) in [6, 6.07) is 4.49. The molecule has 1 atom stereocenters. The number of aromatic hydroxyl groups is 1. The number of phenolic OH excluding ortho intramolecular Hbond substituents is 1. The molecule has 0 bridgehead atoms. The molecule has 0 spiro atoms. The highest BCUT2D eigenvalue weighted by atomic mass is 16.5. The number of phenols is 1. The number of aliphatic hydroxyl groups is 1. The van der Waals surface area contributed by atoms with Gasteiger partial charge in [-0.25, -0.2) is 0 Å². The summed E-state index contributed by atoms with van der Waals surface area (Å²) in [6.45, 7) is 2.17. The number of aliphatic hydroxyl groups excluding tert-OH is 1. The van der Waals surface area contributed by atoms with Crippen LogP contribution in [0.3, 0.4) is 0 Å². The monoisotopic (exact) mass is 294 g/mol. The zero-order valence-corrected chi connectivity index (χ0v) is 13.0. The van der Waals surface area contributed by atoms with Crippen LogP contribution in [0.15, 0.2) is 18.2 Å². The van der Waals surface area contributed by atoms with Crippen LogP contribution in [0, 0.1) is 0 Å². The predicted molar refractivity (Wildman–Crippen MR) is 83.0 cm³/mol. The third-order valence-electron chi connectivity index (χ3n) is 3.56. The van der Waals surface area contributed by atoms with Gasteiger partial charge in [-0.2, -0.15) is 0 Å². The molecule has 0 radical (unpaired) electrons. The van der Waals surface area contributed by atoms with Crippen molar-refractivity contribution in [1.29, 1.82) is 0 Å². The van der Waals surface area contributed by atoms with Crippen molar-refractivity contribution in [3.8, 4) is 11.5 Å². The Morgan fingerprint density at radius 2 is 1.95 bits per heavy atom. The Morgan fingerprint density at radius 3 is 2.62 bits per heavy atom. The fourth-order valence-electron chi connectivity index (χ4n) is 2.27. The minimum atomic E-state index is -0.598. The number of hydrogen-bond acceptors (Lipinski definition) is 4. The van der Waals surface area contributed by atoms with E-state index in [1.165, 1.54) is 38.5 Å². The number of Topliss-reactive ketones (excluding diaryl/α,β-unsaturated/α-hetero) is 1. The number of hydrogen-bond donors (Lipinski definition) is 2. The van der Waals surface area contributed by atoms with Crippen molar-refractivity contribution < 1.29 is 19.7 Å². The first-order valence-corrected chi connectivity index (χ1v) is 7.66. The summed E-state index contributed by atoms with van der Waals surface area (Å²) in [6.07, 6.45) is 5.84. The van der Waals surface area contributed by atoms with Gasteiger partial charge in [0.25, 0.3) is 0 Å². The van der Waals surface area contributed by atoms with Crippen LogP contribution in [0.2, 0.25) is 0 Å². The highest BCUT2D eigenvalue weighted by Crippen LogP contribution is 2.27. The number of ketones is 1. The van der Waals surface area contributed by atoms with Crippen molar-refractivity contribution in [2.75, 3.05) is 7.11 Å². The molecule has 0 aliphatic heterocycles. The van der Waals surface area contributed by atoms with E-state index in [2.05, 4.69) is 6.92 Å². The summed E-state index contributed by atoms with van der Waals surface area (Å²) in [5.41, 5.74) is 0.453. The van der Waals surface area contributed by atoms with E-state index in [4.69, 9.17) is 4.74 Å². The second-order valence-corrected chi connectivity index (χ2v) is 5.37. The van der Waals surface area contributed by atoms with Crippen molar-refractivity contribution in [2.45, 2.75) is 58.0 Å². The second-order valence-electron chi connectivity index (χ2n) is 5.37. The molecule has 0 aliphatic carbocycles. The van der Waals surface area contributed by atoms with Crippen LogP contribution < -0.4 is 4.74 Å². The molecule has 1 aromatic carbocycles. The predicted octanol–water partition coefficient (Wildman–Crippen LogP) is 3.70. The largest absolute Gasteiger partial charge is 0.504 e. The smallest absolute Gasteiger partial charge is 0.165 e. The van der Waals surface area contributed by atoms with Gasteiger partial charge in [0.05, 0.1) is 13.2 Å². The first-order valence-electron chi connectivity index (χ1n) is 7.66. The van der Waals surface area contributed by atoms with Crippen molar-refractivity contribution in [2.24, 2.45) is 0 Å². The maximum atomic E-state index is 12.1. The lowest BCUT2D eigenvalue weighted by molar-refractivity contribution is 0.0863. The summed E-state index contributed by atoms with van der Waals surface area (Å²) in [4.78, 5) is 12.1. The van der Waals surface area contributed by atoms with Crippen LogP contribution in [-0.2, 0) is 0 Å². The van der Waals surface area contributed by atoms with E-state index >= 15 is 0 Å². The number of carbonyl (C=O) groups excluding carboxylic acids is 1. The Labute approximate surface area is 126 Å². The van der Waals surface area contributed by atoms with E-state index in [9.17, 15) is 15.0 Å². The van der Waals surface area contributed by atoms with Crippen LogP contribution in [0.1, 0.15) is 62.2 Å². The zero-order chi connectivity index (χ0) is 15.7.